The Morgan fingerprint density at radius 2 is 2.00 bits per heavy atom. The van der Waals surface area contributed by atoms with Gasteiger partial charge in [-0.05, 0) is 10.9 Å². The summed E-state index contributed by atoms with van der Waals surface area (Å²) in [7, 11) is 2.97. The molecule has 0 bridgehead atoms. The molecule has 0 fully saturated rings. The minimum Gasteiger partial charge on any atom is -0.468 e. The summed E-state index contributed by atoms with van der Waals surface area (Å²) in [5.41, 5.74) is 2.82. The lowest BCUT2D eigenvalue weighted by molar-refractivity contribution is -0.143. The third-order valence-electron chi connectivity index (χ3n) is 4.91. The van der Waals surface area contributed by atoms with E-state index >= 15 is 0 Å². The third kappa shape index (κ3) is 2.33. The molecule has 2 aromatic carbocycles. The van der Waals surface area contributed by atoms with Crippen LogP contribution in [0.5, 0.6) is 0 Å². The van der Waals surface area contributed by atoms with E-state index in [9.17, 15) is 9.59 Å². The number of amides is 2. The lowest BCUT2D eigenvalue weighted by atomic mass is 9.91. The summed E-state index contributed by atoms with van der Waals surface area (Å²) in [5.74, 6) is -0.829. The van der Waals surface area contributed by atoms with Gasteiger partial charge < -0.3 is 19.9 Å². The van der Waals surface area contributed by atoms with Gasteiger partial charge in [0.2, 0.25) is 0 Å². The molecule has 1 aliphatic rings. The number of H-pyrrole nitrogens is 1. The number of hydrogen-bond donors (Lipinski definition) is 2. The number of fused-ring (bicyclic) bond motifs is 5. The van der Waals surface area contributed by atoms with Crippen LogP contribution in [-0.2, 0) is 16.1 Å². The standard InChI is InChI=1S/C19H19N3O3/c1-20-19(24)22-9-14(18(23)25-2)16-13-8-7-11-5-3-4-6-12(11)17(13)21-15(16)10-22/h3-8,14,21H,9-10H2,1-2H3,(H,20,24). The maximum absolute atomic E-state index is 12.4. The van der Waals surface area contributed by atoms with Crippen molar-refractivity contribution < 1.29 is 14.3 Å². The summed E-state index contributed by atoms with van der Waals surface area (Å²) in [4.78, 5) is 29.6. The SMILES string of the molecule is CNC(=O)N1Cc2[nH]c3c(ccc4ccccc43)c2C(C(=O)OC)C1. The van der Waals surface area contributed by atoms with E-state index in [0.29, 0.717) is 13.1 Å². The topological polar surface area (TPSA) is 74.4 Å². The quantitative estimate of drug-likeness (QED) is 0.671. The van der Waals surface area contributed by atoms with E-state index in [1.165, 1.54) is 7.11 Å². The van der Waals surface area contributed by atoms with Crippen LogP contribution in [0.2, 0.25) is 0 Å². The Morgan fingerprint density at radius 3 is 2.76 bits per heavy atom. The molecule has 4 rings (SSSR count). The zero-order chi connectivity index (χ0) is 17.6. The Labute approximate surface area is 144 Å². The Morgan fingerprint density at radius 1 is 1.20 bits per heavy atom. The van der Waals surface area contributed by atoms with Crippen LogP contribution >= 0.6 is 0 Å². The van der Waals surface area contributed by atoms with E-state index in [0.717, 1.165) is 32.9 Å². The zero-order valence-electron chi connectivity index (χ0n) is 14.1. The molecule has 1 unspecified atom stereocenters. The minimum atomic E-state index is -0.499. The van der Waals surface area contributed by atoms with Crippen LogP contribution in [0.25, 0.3) is 21.7 Å². The molecule has 0 saturated heterocycles. The number of benzene rings is 2. The lowest BCUT2D eigenvalue weighted by Crippen LogP contribution is -2.44. The fourth-order valence-electron chi connectivity index (χ4n) is 3.75. The van der Waals surface area contributed by atoms with Crippen molar-refractivity contribution in [3.8, 4) is 0 Å². The number of rotatable bonds is 1. The second kappa shape index (κ2) is 5.81. The van der Waals surface area contributed by atoms with Crippen LogP contribution in [-0.4, -0.2) is 42.6 Å². The average molecular weight is 337 g/mol. The number of aromatic amines is 1. The van der Waals surface area contributed by atoms with Gasteiger partial charge in [0.1, 0.15) is 5.92 Å². The highest BCUT2D eigenvalue weighted by Gasteiger charge is 2.36. The predicted octanol–water partition coefficient (Wildman–Crippen LogP) is 2.73. The molecule has 2 amide bonds. The first-order valence-electron chi connectivity index (χ1n) is 8.20. The van der Waals surface area contributed by atoms with Gasteiger partial charge in [0, 0.05) is 30.1 Å². The molecule has 1 aliphatic heterocycles. The van der Waals surface area contributed by atoms with Crippen LogP contribution in [0.4, 0.5) is 4.79 Å². The first kappa shape index (κ1) is 15.5. The zero-order valence-corrected chi connectivity index (χ0v) is 14.1. The molecular formula is C19H19N3O3. The third-order valence-corrected chi connectivity index (χ3v) is 4.91. The maximum atomic E-state index is 12.4. The van der Waals surface area contributed by atoms with Crippen molar-refractivity contribution in [1.82, 2.24) is 15.2 Å². The molecule has 6 heteroatoms. The van der Waals surface area contributed by atoms with Crippen molar-refractivity contribution in [2.24, 2.45) is 0 Å². The summed E-state index contributed by atoms with van der Waals surface area (Å²) in [6.07, 6.45) is 0. The second-order valence-electron chi connectivity index (χ2n) is 6.24. The Balaban J connectivity index is 1.95. The van der Waals surface area contributed by atoms with Gasteiger partial charge in [-0.2, -0.15) is 0 Å². The second-order valence-corrected chi connectivity index (χ2v) is 6.24. The number of aromatic nitrogens is 1. The summed E-state index contributed by atoms with van der Waals surface area (Å²) >= 11 is 0. The highest BCUT2D eigenvalue weighted by Crippen LogP contribution is 2.38. The van der Waals surface area contributed by atoms with E-state index in [4.69, 9.17) is 4.74 Å². The van der Waals surface area contributed by atoms with Gasteiger partial charge in [-0.15, -0.1) is 0 Å². The van der Waals surface area contributed by atoms with Gasteiger partial charge in [-0.25, -0.2) is 4.79 Å². The number of methoxy groups -OCH3 is 1. The van der Waals surface area contributed by atoms with E-state index in [-0.39, 0.29) is 12.0 Å². The molecule has 2 heterocycles. The number of ether oxygens (including phenoxy) is 1. The molecular weight excluding hydrogens is 318 g/mol. The van der Waals surface area contributed by atoms with E-state index in [2.05, 4.69) is 28.5 Å². The molecule has 0 aliphatic carbocycles. The molecule has 1 atom stereocenters. The van der Waals surface area contributed by atoms with Crippen molar-refractivity contribution in [2.45, 2.75) is 12.5 Å². The largest absolute Gasteiger partial charge is 0.468 e. The van der Waals surface area contributed by atoms with E-state index < -0.39 is 5.92 Å². The molecule has 6 nitrogen and oxygen atoms in total. The molecule has 3 aromatic rings. The number of esters is 1. The van der Waals surface area contributed by atoms with Crippen LogP contribution in [0.1, 0.15) is 17.2 Å². The first-order valence-corrected chi connectivity index (χ1v) is 8.20. The lowest BCUT2D eigenvalue weighted by Gasteiger charge is -2.31. The molecule has 0 saturated carbocycles. The summed E-state index contributed by atoms with van der Waals surface area (Å²) in [6.45, 7) is 0.741. The van der Waals surface area contributed by atoms with Crippen LogP contribution < -0.4 is 5.32 Å². The summed E-state index contributed by atoms with van der Waals surface area (Å²) < 4.78 is 5.00. The highest BCUT2D eigenvalue weighted by atomic mass is 16.5. The number of nitrogens with zero attached hydrogens (tertiary/aromatic N) is 1. The van der Waals surface area contributed by atoms with Gasteiger partial charge in [-0.3, -0.25) is 4.79 Å². The van der Waals surface area contributed by atoms with Gasteiger partial charge in [-0.1, -0.05) is 36.4 Å². The number of nitrogens with one attached hydrogen (secondary N) is 2. The van der Waals surface area contributed by atoms with Gasteiger partial charge >= 0.3 is 12.0 Å². The first-order chi connectivity index (χ1) is 12.1. The normalized spacial score (nSPS) is 16.7. The molecule has 128 valence electrons. The molecule has 0 spiro atoms. The number of urea groups is 1. The van der Waals surface area contributed by atoms with Crippen molar-refractivity contribution in [3.05, 3.63) is 47.7 Å². The van der Waals surface area contributed by atoms with Crippen LogP contribution in [0.15, 0.2) is 36.4 Å². The van der Waals surface area contributed by atoms with E-state index in [1.807, 2.05) is 18.2 Å². The predicted molar refractivity (Wildman–Crippen MR) is 95.4 cm³/mol. The fourth-order valence-corrected chi connectivity index (χ4v) is 3.75. The van der Waals surface area contributed by atoms with Gasteiger partial charge in [0.15, 0.2) is 0 Å². The highest BCUT2D eigenvalue weighted by molar-refractivity contribution is 6.08. The number of carbonyl (C=O) groups is 2. The Hall–Kier alpha value is -3.02. The molecule has 2 N–H and O–H groups in total. The molecule has 0 radical (unpaired) electrons. The summed E-state index contributed by atoms with van der Waals surface area (Å²) in [5, 5.41) is 5.87. The Kier molecular flexibility index (Phi) is 3.60. The molecule has 25 heavy (non-hydrogen) atoms. The van der Waals surface area contributed by atoms with Crippen molar-refractivity contribution in [2.75, 3.05) is 20.7 Å². The fraction of sp³-hybridized carbons (Fsp3) is 0.263. The van der Waals surface area contributed by atoms with Crippen molar-refractivity contribution in [3.63, 3.8) is 0 Å². The van der Waals surface area contributed by atoms with E-state index in [1.54, 1.807) is 11.9 Å². The minimum absolute atomic E-state index is 0.205. The number of carbonyl (C=O) groups excluding carboxylic acids is 2. The monoisotopic (exact) mass is 337 g/mol. The van der Waals surface area contributed by atoms with Crippen molar-refractivity contribution >= 4 is 33.7 Å². The van der Waals surface area contributed by atoms with Crippen LogP contribution in [0, 0.1) is 0 Å². The average Bonchev–Trinajstić information content (AvgIpc) is 3.04. The van der Waals surface area contributed by atoms with Gasteiger partial charge in [0.25, 0.3) is 0 Å². The maximum Gasteiger partial charge on any atom is 0.317 e. The van der Waals surface area contributed by atoms with Gasteiger partial charge in [0.05, 0.1) is 19.2 Å². The summed E-state index contributed by atoms with van der Waals surface area (Å²) in [6, 6.07) is 12.0. The van der Waals surface area contributed by atoms with Crippen LogP contribution in [0.3, 0.4) is 0 Å². The smallest absolute Gasteiger partial charge is 0.317 e. The van der Waals surface area contributed by atoms with Crippen molar-refractivity contribution in [1.29, 1.82) is 0 Å². The molecule has 1 aromatic heterocycles. The Bertz CT molecular complexity index is 992. The number of hydrogen-bond acceptors (Lipinski definition) is 3.